The minimum atomic E-state index is -0.169. The molecular weight excluding hydrogens is 330 g/mol. The SMILES string of the molecule is Cc1ccc(C)c2c1=CC(CCNC(=S)NC1CCCCC1)C(=O)N=2. The third-order valence-corrected chi connectivity index (χ3v) is 5.49. The first kappa shape index (κ1) is 18.1. The smallest absolute Gasteiger partial charge is 0.253 e. The van der Waals surface area contributed by atoms with Crippen LogP contribution in [0.15, 0.2) is 17.1 Å². The lowest BCUT2D eigenvalue weighted by Gasteiger charge is -2.24. The molecule has 1 aromatic rings. The Kier molecular flexibility index (Phi) is 5.84. The molecule has 1 aromatic carbocycles. The van der Waals surface area contributed by atoms with Crippen LogP contribution in [0.5, 0.6) is 0 Å². The summed E-state index contributed by atoms with van der Waals surface area (Å²) >= 11 is 5.39. The van der Waals surface area contributed by atoms with Gasteiger partial charge in [0.2, 0.25) is 0 Å². The Morgan fingerprint density at radius 3 is 2.68 bits per heavy atom. The minimum Gasteiger partial charge on any atom is -0.363 e. The largest absolute Gasteiger partial charge is 0.363 e. The molecule has 1 atom stereocenters. The van der Waals surface area contributed by atoms with Gasteiger partial charge in [0.25, 0.3) is 5.91 Å². The van der Waals surface area contributed by atoms with Crippen molar-refractivity contribution >= 4 is 29.3 Å². The average molecular weight is 358 g/mol. The van der Waals surface area contributed by atoms with Crippen LogP contribution >= 0.6 is 12.2 Å². The molecule has 2 N–H and O–H groups in total. The van der Waals surface area contributed by atoms with E-state index in [9.17, 15) is 4.79 Å². The van der Waals surface area contributed by atoms with E-state index in [1.54, 1.807) is 0 Å². The van der Waals surface area contributed by atoms with Crippen LogP contribution in [0.25, 0.3) is 6.08 Å². The monoisotopic (exact) mass is 357 g/mol. The van der Waals surface area contributed by atoms with Gasteiger partial charge in [-0.05, 0) is 56.5 Å². The highest BCUT2D eigenvalue weighted by atomic mass is 32.1. The molecule has 3 rings (SSSR count). The van der Waals surface area contributed by atoms with Crippen molar-refractivity contribution in [2.24, 2.45) is 10.9 Å². The Hall–Kier alpha value is -1.75. The lowest BCUT2D eigenvalue weighted by Crippen LogP contribution is -2.43. The van der Waals surface area contributed by atoms with Crippen molar-refractivity contribution in [2.45, 2.75) is 58.4 Å². The number of hydrogen-bond acceptors (Lipinski definition) is 2. The fourth-order valence-corrected chi connectivity index (χ4v) is 3.94. The molecule has 0 bridgehead atoms. The van der Waals surface area contributed by atoms with Gasteiger partial charge in [0.1, 0.15) is 0 Å². The highest BCUT2D eigenvalue weighted by Crippen LogP contribution is 2.17. The molecule has 134 valence electrons. The van der Waals surface area contributed by atoms with Gasteiger partial charge in [0.15, 0.2) is 5.11 Å². The summed E-state index contributed by atoms with van der Waals surface area (Å²) in [5, 5.41) is 9.30. The van der Waals surface area contributed by atoms with Crippen LogP contribution in [0.1, 0.15) is 49.7 Å². The molecule has 0 radical (unpaired) electrons. The number of hydrogen-bond donors (Lipinski definition) is 2. The third-order valence-electron chi connectivity index (χ3n) is 5.23. The van der Waals surface area contributed by atoms with Crippen molar-refractivity contribution in [3.8, 4) is 0 Å². The van der Waals surface area contributed by atoms with Crippen LogP contribution in [0, 0.1) is 19.8 Å². The van der Waals surface area contributed by atoms with Gasteiger partial charge >= 0.3 is 0 Å². The minimum absolute atomic E-state index is 0.0471. The van der Waals surface area contributed by atoms with E-state index in [4.69, 9.17) is 12.2 Å². The second-order valence-corrected chi connectivity index (χ2v) is 7.62. The van der Waals surface area contributed by atoms with Crippen molar-refractivity contribution in [3.63, 3.8) is 0 Å². The fourth-order valence-electron chi connectivity index (χ4n) is 3.67. The van der Waals surface area contributed by atoms with Crippen molar-refractivity contribution in [1.82, 2.24) is 10.6 Å². The van der Waals surface area contributed by atoms with Gasteiger partial charge in [0.05, 0.1) is 11.3 Å². The molecule has 1 fully saturated rings. The molecule has 2 aliphatic rings. The van der Waals surface area contributed by atoms with E-state index in [1.165, 1.54) is 37.7 Å². The number of nitrogens with one attached hydrogen (secondary N) is 2. The van der Waals surface area contributed by atoms with Gasteiger partial charge in [-0.1, -0.05) is 37.5 Å². The van der Waals surface area contributed by atoms with Gasteiger partial charge in [0, 0.05) is 17.8 Å². The molecule has 25 heavy (non-hydrogen) atoms. The molecule has 4 nitrogen and oxygen atoms in total. The second-order valence-electron chi connectivity index (χ2n) is 7.21. The summed E-state index contributed by atoms with van der Waals surface area (Å²) in [6.07, 6.45) is 9.09. The zero-order valence-corrected chi connectivity index (χ0v) is 15.9. The Bertz CT molecular complexity index is 781. The van der Waals surface area contributed by atoms with Crippen molar-refractivity contribution in [3.05, 3.63) is 33.8 Å². The molecule has 1 amide bonds. The van der Waals surface area contributed by atoms with E-state index < -0.39 is 0 Å². The Labute approximate surface area is 154 Å². The van der Waals surface area contributed by atoms with Crippen LogP contribution in [-0.2, 0) is 4.79 Å². The number of benzene rings is 1. The summed E-state index contributed by atoms with van der Waals surface area (Å²) in [7, 11) is 0. The zero-order valence-electron chi connectivity index (χ0n) is 15.1. The highest BCUT2D eigenvalue weighted by Gasteiger charge is 2.20. The number of amides is 1. The van der Waals surface area contributed by atoms with Gasteiger partial charge in [-0.3, -0.25) is 4.79 Å². The van der Waals surface area contributed by atoms with Crippen LogP contribution in [0.2, 0.25) is 0 Å². The number of nitrogens with zero attached hydrogens (tertiary/aromatic N) is 1. The summed E-state index contributed by atoms with van der Waals surface area (Å²) in [5.74, 6) is -0.216. The summed E-state index contributed by atoms with van der Waals surface area (Å²) < 4.78 is 0. The number of rotatable bonds is 4. The summed E-state index contributed by atoms with van der Waals surface area (Å²) in [5.41, 5.74) is 2.23. The molecule has 1 aliphatic carbocycles. The third kappa shape index (κ3) is 4.46. The number of thiocarbonyl (C=S) groups is 1. The molecule has 0 spiro atoms. The number of aryl methyl sites for hydroxylation is 2. The number of fused-ring (bicyclic) bond motifs is 1. The first-order chi connectivity index (χ1) is 12.0. The van der Waals surface area contributed by atoms with Crippen LogP contribution in [0.4, 0.5) is 0 Å². The lowest BCUT2D eigenvalue weighted by molar-refractivity contribution is -0.120. The number of carbonyl (C=O) groups excluding carboxylic acids is 1. The van der Waals surface area contributed by atoms with Crippen molar-refractivity contribution in [1.29, 1.82) is 0 Å². The maximum Gasteiger partial charge on any atom is 0.253 e. The molecule has 0 aromatic heterocycles. The predicted octanol–water partition coefficient (Wildman–Crippen LogP) is 2.05. The van der Waals surface area contributed by atoms with E-state index in [0.29, 0.717) is 24.1 Å². The molecule has 1 unspecified atom stereocenters. The van der Waals surface area contributed by atoms with E-state index >= 15 is 0 Å². The Balaban J connectivity index is 1.56. The summed E-state index contributed by atoms with van der Waals surface area (Å²) in [6, 6.07) is 4.62. The first-order valence-electron chi connectivity index (χ1n) is 9.29. The van der Waals surface area contributed by atoms with E-state index in [-0.39, 0.29) is 11.8 Å². The van der Waals surface area contributed by atoms with Crippen LogP contribution in [-0.4, -0.2) is 23.6 Å². The fraction of sp³-hybridized carbons (Fsp3) is 0.550. The quantitative estimate of drug-likeness (QED) is 0.810. The van der Waals surface area contributed by atoms with Gasteiger partial charge < -0.3 is 10.6 Å². The maximum absolute atomic E-state index is 12.3. The Morgan fingerprint density at radius 2 is 1.92 bits per heavy atom. The van der Waals surface area contributed by atoms with E-state index in [1.807, 2.05) is 13.0 Å². The van der Waals surface area contributed by atoms with Gasteiger partial charge in [-0.2, -0.15) is 0 Å². The molecule has 5 heteroatoms. The zero-order chi connectivity index (χ0) is 17.8. The first-order valence-corrected chi connectivity index (χ1v) is 9.70. The van der Waals surface area contributed by atoms with E-state index in [0.717, 1.165) is 16.1 Å². The summed E-state index contributed by atoms with van der Waals surface area (Å²) in [6.45, 7) is 4.75. The van der Waals surface area contributed by atoms with Crippen LogP contribution < -0.4 is 21.2 Å². The van der Waals surface area contributed by atoms with Gasteiger partial charge in [-0.15, -0.1) is 0 Å². The molecule has 1 heterocycles. The summed E-state index contributed by atoms with van der Waals surface area (Å²) in [4.78, 5) is 16.7. The standard InChI is InChI=1S/C20H27N3OS/c1-13-8-9-14(2)18-17(13)12-15(19(24)23-18)10-11-21-20(25)22-16-6-4-3-5-7-16/h8-9,12,15-16H,3-7,10-11H2,1-2H3,(H2,21,22,25). The number of carbonyl (C=O) groups is 1. The second kappa shape index (κ2) is 8.09. The predicted molar refractivity (Wildman–Crippen MR) is 105 cm³/mol. The molecule has 0 saturated heterocycles. The average Bonchev–Trinajstić information content (AvgIpc) is 2.60. The molecule has 1 aliphatic heterocycles. The lowest BCUT2D eigenvalue weighted by atomic mass is 9.96. The maximum atomic E-state index is 12.3. The highest BCUT2D eigenvalue weighted by molar-refractivity contribution is 7.80. The van der Waals surface area contributed by atoms with Crippen molar-refractivity contribution < 1.29 is 4.79 Å². The molecule has 1 saturated carbocycles. The topological polar surface area (TPSA) is 53.5 Å². The van der Waals surface area contributed by atoms with Crippen molar-refractivity contribution in [2.75, 3.05) is 6.54 Å². The van der Waals surface area contributed by atoms with Gasteiger partial charge in [-0.25, -0.2) is 4.99 Å². The normalized spacial score (nSPS) is 20.2. The van der Waals surface area contributed by atoms with Crippen LogP contribution in [0.3, 0.4) is 0 Å². The Morgan fingerprint density at radius 1 is 1.20 bits per heavy atom. The van der Waals surface area contributed by atoms with E-state index in [2.05, 4.69) is 34.7 Å². The molecular formula is C20H27N3OS.